The summed E-state index contributed by atoms with van der Waals surface area (Å²) in [6.45, 7) is 2.34. The number of likely N-dealkylation sites (N-methyl/N-ethyl adjacent to an activating group) is 1. The third-order valence-electron chi connectivity index (χ3n) is 5.18. The highest BCUT2D eigenvalue weighted by molar-refractivity contribution is 5.54. The van der Waals surface area contributed by atoms with Crippen molar-refractivity contribution in [3.8, 4) is 0 Å². The van der Waals surface area contributed by atoms with Gasteiger partial charge in [-0.2, -0.15) is 0 Å². The van der Waals surface area contributed by atoms with E-state index in [1.165, 1.54) is 37.8 Å². The van der Waals surface area contributed by atoms with Crippen LogP contribution in [0.4, 0.5) is 5.69 Å². The molecule has 0 radical (unpaired) electrons. The fourth-order valence-corrected chi connectivity index (χ4v) is 4.17. The van der Waals surface area contributed by atoms with Gasteiger partial charge >= 0.3 is 0 Å². The number of hydrogen-bond acceptors (Lipinski definition) is 2. The van der Waals surface area contributed by atoms with Gasteiger partial charge in [0.25, 0.3) is 0 Å². The lowest BCUT2D eigenvalue weighted by Crippen LogP contribution is -2.38. The van der Waals surface area contributed by atoms with E-state index >= 15 is 0 Å². The molecule has 1 atom stereocenters. The lowest BCUT2D eigenvalue weighted by Gasteiger charge is -2.42. The number of nitrogen functional groups attached to an aromatic ring is 1. The van der Waals surface area contributed by atoms with Crippen LogP contribution < -0.4 is 5.73 Å². The van der Waals surface area contributed by atoms with Crippen molar-refractivity contribution < 1.29 is 0 Å². The molecular weight excluding hydrogens is 208 g/mol. The van der Waals surface area contributed by atoms with Crippen molar-refractivity contribution in [2.24, 2.45) is 5.41 Å². The second-order valence-electron chi connectivity index (χ2n) is 6.36. The van der Waals surface area contributed by atoms with Crippen molar-refractivity contribution in [1.29, 1.82) is 0 Å². The number of rotatable bonds is 0. The van der Waals surface area contributed by atoms with Crippen LogP contribution in [-0.4, -0.2) is 18.5 Å². The maximum absolute atomic E-state index is 6.04. The van der Waals surface area contributed by atoms with Crippen LogP contribution in [0.25, 0.3) is 0 Å². The van der Waals surface area contributed by atoms with Gasteiger partial charge < -0.3 is 10.6 Å². The summed E-state index contributed by atoms with van der Waals surface area (Å²) >= 11 is 0. The van der Waals surface area contributed by atoms with Crippen LogP contribution in [0.15, 0.2) is 12.1 Å². The van der Waals surface area contributed by atoms with E-state index in [1.54, 1.807) is 11.1 Å². The van der Waals surface area contributed by atoms with Crippen LogP contribution >= 0.6 is 0 Å². The molecule has 1 aromatic rings. The standard InChI is InChI=1S/C15H20N2/c1-17-8-11-7-12(16)6-10-2-3-15(4-5-15)13(9-17)14(10)11/h6-7,13H,2-5,8-9,16H2,1H3. The first-order valence-electron chi connectivity index (χ1n) is 6.78. The molecule has 1 aliphatic heterocycles. The zero-order valence-electron chi connectivity index (χ0n) is 10.5. The summed E-state index contributed by atoms with van der Waals surface area (Å²) in [6, 6.07) is 4.44. The summed E-state index contributed by atoms with van der Waals surface area (Å²) in [5, 5.41) is 0. The van der Waals surface area contributed by atoms with E-state index in [0.717, 1.165) is 18.2 Å². The summed E-state index contributed by atoms with van der Waals surface area (Å²) < 4.78 is 0. The van der Waals surface area contributed by atoms with Gasteiger partial charge in [-0.1, -0.05) is 0 Å². The number of aryl methyl sites for hydroxylation is 1. The molecule has 0 amide bonds. The van der Waals surface area contributed by atoms with Gasteiger partial charge in [-0.25, -0.2) is 0 Å². The Kier molecular flexibility index (Phi) is 1.79. The summed E-state index contributed by atoms with van der Waals surface area (Å²) in [5.41, 5.74) is 12.4. The first kappa shape index (κ1) is 9.95. The van der Waals surface area contributed by atoms with Crippen LogP contribution in [0.1, 0.15) is 41.9 Å². The predicted octanol–water partition coefficient (Wildman–Crippen LogP) is 2.52. The van der Waals surface area contributed by atoms with Crippen molar-refractivity contribution in [3.05, 3.63) is 28.8 Å². The Hall–Kier alpha value is -1.02. The van der Waals surface area contributed by atoms with E-state index in [1.807, 2.05) is 0 Å². The zero-order chi connectivity index (χ0) is 11.6. The van der Waals surface area contributed by atoms with Gasteiger partial charge in [0.15, 0.2) is 0 Å². The average molecular weight is 228 g/mol. The van der Waals surface area contributed by atoms with Crippen molar-refractivity contribution in [1.82, 2.24) is 4.90 Å². The van der Waals surface area contributed by atoms with Crippen molar-refractivity contribution >= 4 is 5.69 Å². The molecule has 0 saturated heterocycles. The van der Waals surface area contributed by atoms with Crippen LogP contribution in [0, 0.1) is 5.41 Å². The summed E-state index contributed by atoms with van der Waals surface area (Å²) in [7, 11) is 2.25. The first-order valence-corrected chi connectivity index (χ1v) is 6.78. The fourth-order valence-electron chi connectivity index (χ4n) is 4.17. The highest BCUT2D eigenvalue weighted by atomic mass is 15.1. The summed E-state index contributed by atoms with van der Waals surface area (Å²) in [6.07, 6.45) is 5.55. The SMILES string of the molecule is CN1Cc2cc(N)cc3c2C(C1)C1(CC3)CC1. The quantitative estimate of drug-likeness (QED) is 0.691. The summed E-state index contributed by atoms with van der Waals surface area (Å²) in [5.74, 6) is 0.792. The lowest BCUT2D eigenvalue weighted by atomic mass is 9.69. The fraction of sp³-hybridized carbons (Fsp3) is 0.600. The van der Waals surface area contributed by atoms with Crippen LogP contribution in [0.2, 0.25) is 0 Å². The minimum atomic E-state index is 0.673. The second-order valence-corrected chi connectivity index (χ2v) is 6.36. The molecule has 0 bridgehead atoms. The van der Waals surface area contributed by atoms with Gasteiger partial charge in [-0.15, -0.1) is 0 Å². The smallest absolute Gasteiger partial charge is 0.0320 e. The molecule has 17 heavy (non-hydrogen) atoms. The highest BCUT2D eigenvalue weighted by Crippen LogP contribution is 2.63. The molecule has 1 spiro atoms. The van der Waals surface area contributed by atoms with Gasteiger partial charge in [0.2, 0.25) is 0 Å². The number of nitrogens with two attached hydrogens (primary N) is 1. The van der Waals surface area contributed by atoms with E-state index in [2.05, 4.69) is 24.1 Å². The number of hydrogen-bond donors (Lipinski definition) is 1. The molecule has 1 fully saturated rings. The molecule has 2 nitrogen and oxygen atoms in total. The molecule has 4 rings (SSSR count). The molecule has 1 aromatic carbocycles. The predicted molar refractivity (Wildman–Crippen MR) is 69.9 cm³/mol. The zero-order valence-corrected chi connectivity index (χ0v) is 10.5. The monoisotopic (exact) mass is 228 g/mol. The topological polar surface area (TPSA) is 29.3 Å². The third-order valence-corrected chi connectivity index (χ3v) is 5.18. The lowest BCUT2D eigenvalue weighted by molar-refractivity contribution is 0.211. The Morgan fingerprint density at radius 1 is 1.24 bits per heavy atom. The number of nitrogens with zero attached hydrogens (tertiary/aromatic N) is 1. The molecule has 1 heterocycles. The van der Waals surface area contributed by atoms with Crippen LogP contribution in [0.5, 0.6) is 0 Å². The molecule has 1 unspecified atom stereocenters. The Bertz CT molecular complexity index is 488. The molecule has 1 saturated carbocycles. The van der Waals surface area contributed by atoms with Gasteiger partial charge in [0, 0.05) is 24.7 Å². The molecule has 90 valence electrons. The minimum Gasteiger partial charge on any atom is -0.399 e. The van der Waals surface area contributed by atoms with Crippen LogP contribution in [0.3, 0.4) is 0 Å². The molecule has 3 aliphatic rings. The van der Waals surface area contributed by atoms with Crippen molar-refractivity contribution in [2.45, 2.75) is 38.1 Å². The van der Waals surface area contributed by atoms with Gasteiger partial charge in [0.1, 0.15) is 0 Å². The van der Waals surface area contributed by atoms with E-state index in [0.29, 0.717) is 5.41 Å². The Morgan fingerprint density at radius 2 is 2.00 bits per heavy atom. The van der Waals surface area contributed by atoms with Crippen molar-refractivity contribution in [3.63, 3.8) is 0 Å². The maximum atomic E-state index is 6.04. The molecule has 2 N–H and O–H groups in total. The van der Waals surface area contributed by atoms with Gasteiger partial charge in [-0.05, 0) is 67.0 Å². The Balaban J connectivity index is 1.92. The average Bonchev–Trinajstić information content (AvgIpc) is 3.03. The Labute approximate surface area is 103 Å². The van der Waals surface area contributed by atoms with Gasteiger partial charge in [-0.3, -0.25) is 0 Å². The highest BCUT2D eigenvalue weighted by Gasteiger charge is 2.53. The molecular formula is C15H20N2. The Morgan fingerprint density at radius 3 is 2.76 bits per heavy atom. The van der Waals surface area contributed by atoms with Gasteiger partial charge in [0.05, 0.1) is 0 Å². The van der Waals surface area contributed by atoms with Crippen LogP contribution in [-0.2, 0) is 13.0 Å². The van der Waals surface area contributed by atoms with E-state index in [9.17, 15) is 0 Å². The van der Waals surface area contributed by atoms with E-state index < -0.39 is 0 Å². The molecule has 0 aromatic heterocycles. The normalized spacial score (nSPS) is 29.1. The second kappa shape index (κ2) is 3.05. The van der Waals surface area contributed by atoms with Crippen molar-refractivity contribution in [2.75, 3.05) is 19.3 Å². The first-order chi connectivity index (χ1) is 8.18. The number of benzene rings is 1. The van der Waals surface area contributed by atoms with E-state index in [-0.39, 0.29) is 0 Å². The van der Waals surface area contributed by atoms with E-state index in [4.69, 9.17) is 5.73 Å². The number of fused-ring (bicyclic) bond motifs is 1. The largest absolute Gasteiger partial charge is 0.399 e. The number of anilines is 1. The maximum Gasteiger partial charge on any atom is 0.0320 e. The molecule has 2 heteroatoms. The summed E-state index contributed by atoms with van der Waals surface area (Å²) in [4.78, 5) is 2.47. The molecule has 2 aliphatic carbocycles. The third kappa shape index (κ3) is 1.30. The minimum absolute atomic E-state index is 0.673.